The highest BCUT2D eigenvalue weighted by Gasteiger charge is 2.29. The van der Waals surface area contributed by atoms with Gasteiger partial charge in [0.2, 0.25) is 11.8 Å². The van der Waals surface area contributed by atoms with Crippen molar-refractivity contribution in [3.63, 3.8) is 0 Å². The zero-order valence-electron chi connectivity index (χ0n) is 15.9. The van der Waals surface area contributed by atoms with Crippen molar-refractivity contribution in [3.05, 3.63) is 35.9 Å². The Balaban J connectivity index is 2.84. The summed E-state index contributed by atoms with van der Waals surface area (Å²) in [5.74, 6) is -3.86. The van der Waals surface area contributed by atoms with E-state index in [1.807, 2.05) is 13.8 Å². The predicted octanol–water partition coefficient (Wildman–Crippen LogP) is 0.131. The maximum atomic E-state index is 12.6. The summed E-state index contributed by atoms with van der Waals surface area (Å²) < 4.78 is 0. The van der Waals surface area contributed by atoms with Crippen LogP contribution in [0.2, 0.25) is 0 Å². The summed E-state index contributed by atoms with van der Waals surface area (Å²) in [7, 11) is 0. The minimum absolute atomic E-state index is 0.0177. The van der Waals surface area contributed by atoms with Crippen LogP contribution < -0.4 is 16.4 Å². The van der Waals surface area contributed by atoms with Crippen LogP contribution in [0.15, 0.2) is 30.3 Å². The summed E-state index contributed by atoms with van der Waals surface area (Å²) in [6, 6.07) is 5.33. The summed E-state index contributed by atoms with van der Waals surface area (Å²) in [6.45, 7) is 3.67. The lowest BCUT2D eigenvalue weighted by Gasteiger charge is -2.24. The van der Waals surface area contributed by atoms with Gasteiger partial charge in [-0.2, -0.15) is 0 Å². The van der Waals surface area contributed by atoms with Crippen LogP contribution >= 0.6 is 0 Å². The molecule has 9 nitrogen and oxygen atoms in total. The van der Waals surface area contributed by atoms with E-state index in [9.17, 15) is 24.3 Å². The van der Waals surface area contributed by atoms with Gasteiger partial charge in [0.15, 0.2) is 0 Å². The summed E-state index contributed by atoms with van der Waals surface area (Å²) in [4.78, 5) is 47.0. The minimum atomic E-state index is -1.31. The molecule has 2 amide bonds. The number of amides is 2. The molecule has 0 aliphatic heterocycles. The molecule has 6 N–H and O–H groups in total. The number of hydrogen-bond donors (Lipinski definition) is 5. The van der Waals surface area contributed by atoms with Gasteiger partial charge in [-0.05, 0) is 17.9 Å². The van der Waals surface area contributed by atoms with Crippen LogP contribution in [-0.2, 0) is 25.6 Å². The van der Waals surface area contributed by atoms with Gasteiger partial charge in [-0.1, -0.05) is 44.2 Å². The molecule has 1 aromatic rings. The Morgan fingerprint density at radius 3 is 2.04 bits per heavy atom. The van der Waals surface area contributed by atoms with Gasteiger partial charge in [-0.3, -0.25) is 14.4 Å². The van der Waals surface area contributed by atoms with Crippen molar-refractivity contribution in [1.29, 1.82) is 0 Å². The average molecular weight is 393 g/mol. The Morgan fingerprint density at radius 2 is 1.54 bits per heavy atom. The van der Waals surface area contributed by atoms with E-state index in [1.54, 1.807) is 30.3 Å². The lowest BCUT2D eigenvalue weighted by molar-refractivity contribution is -0.142. The highest BCUT2D eigenvalue weighted by Crippen LogP contribution is 2.08. The number of nitrogens with two attached hydrogens (primary N) is 1. The zero-order valence-corrected chi connectivity index (χ0v) is 15.9. The highest BCUT2D eigenvalue weighted by atomic mass is 16.4. The standard InChI is InChI=1S/C19H27N3O6/c1-11(2)8-14(21-17(25)13(20)10-16(23)24)18(26)22-15(19(27)28)9-12-6-4-3-5-7-12/h3-7,11,13-15H,8-10,20H2,1-2H3,(H,21,25)(H,22,26)(H,23,24)(H,27,28)/t13-,14-,15-/m0/s1. The zero-order chi connectivity index (χ0) is 21.3. The van der Waals surface area contributed by atoms with Gasteiger partial charge in [-0.15, -0.1) is 0 Å². The van der Waals surface area contributed by atoms with Gasteiger partial charge in [0.1, 0.15) is 12.1 Å². The minimum Gasteiger partial charge on any atom is -0.481 e. The normalized spacial score (nSPS) is 14.0. The van der Waals surface area contributed by atoms with Crippen molar-refractivity contribution in [2.45, 2.75) is 51.2 Å². The molecule has 1 aromatic carbocycles. The van der Waals surface area contributed by atoms with E-state index < -0.39 is 48.3 Å². The van der Waals surface area contributed by atoms with Gasteiger partial charge >= 0.3 is 11.9 Å². The fraction of sp³-hybridized carbons (Fsp3) is 0.474. The molecule has 154 valence electrons. The molecular weight excluding hydrogens is 366 g/mol. The van der Waals surface area contributed by atoms with Gasteiger partial charge < -0.3 is 26.6 Å². The molecule has 0 aliphatic rings. The van der Waals surface area contributed by atoms with E-state index in [1.165, 1.54) is 0 Å². The lowest BCUT2D eigenvalue weighted by Crippen LogP contribution is -2.55. The van der Waals surface area contributed by atoms with Crippen LogP contribution in [0.1, 0.15) is 32.3 Å². The van der Waals surface area contributed by atoms with E-state index in [2.05, 4.69) is 10.6 Å². The van der Waals surface area contributed by atoms with Gasteiger partial charge in [0, 0.05) is 6.42 Å². The van der Waals surface area contributed by atoms with Gasteiger partial charge in [0.05, 0.1) is 12.5 Å². The van der Waals surface area contributed by atoms with Crippen LogP contribution in [0, 0.1) is 5.92 Å². The molecule has 0 unspecified atom stereocenters. The van der Waals surface area contributed by atoms with Crippen LogP contribution in [0.4, 0.5) is 0 Å². The SMILES string of the molecule is CC(C)C[C@H](NC(=O)[C@@H](N)CC(=O)O)C(=O)N[C@@H](Cc1ccccc1)C(=O)O. The number of carboxylic acid groups (broad SMARTS) is 2. The highest BCUT2D eigenvalue weighted by molar-refractivity contribution is 5.93. The first-order valence-corrected chi connectivity index (χ1v) is 8.95. The third-order valence-corrected chi connectivity index (χ3v) is 3.97. The lowest BCUT2D eigenvalue weighted by atomic mass is 10.0. The van der Waals surface area contributed by atoms with E-state index in [0.717, 1.165) is 5.56 Å². The summed E-state index contributed by atoms with van der Waals surface area (Å²) in [5.41, 5.74) is 6.27. The number of aliphatic carboxylic acids is 2. The quantitative estimate of drug-likeness (QED) is 0.357. The molecule has 3 atom stereocenters. The Morgan fingerprint density at radius 1 is 0.964 bits per heavy atom. The second kappa shape index (κ2) is 11.0. The van der Waals surface area contributed by atoms with Crippen LogP contribution in [-0.4, -0.2) is 52.1 Å². The fourth-order valence-electron chi connectivity index (χ4n) is 2.58. The summed E-state index contributed by atoms with van der Waals surface area (Å²) >= 11 is 0. The number of hydrogen-bond acceptors (Lipinski definition) is 5. The largest absolute Gasteiger partial charge is 0.481 e. The molecule has 0 aliphatic carbocycles. The first-order valence-electron chi connectivity index (χ1n) is 8.95. The van der Waals surface area contributed by atoms with Crippen LogP contribution in [0.5, 0.6) is 0 Å². The van der Waals surface area contributed by atoms with Crippen molar-refractivity contribution in [1.82, 2.24) is 10.6 Å². The van der Waals surface area contributed by atoms with E-state index >= 15 is 0 Å². The van der Waals surface area contributed by atoms with Crippen molar-refractivity contribution < 1.29 is 29.4 Å². The van der Waals surface area contributed by atoms with E-state index in [0.29, 0.717) is 0 Å². The maximum Gasteiger partial charge on any atom is 0.326 e. The molecule has 0 spiro atoms. The summed E-state index contributed by atoms with van der Waals surface area (Å²) in [5, 5.41) is 23.0. The topological polar surface area (TPSA) is 159 Å². The molecule has 0 saturated heterocycles. The van der Waals surface area contributed by atoms with Crippen LogP contribution in [0.3, 0.4) is 0 Å². The Hall–Kier alpha value is -2.94. The first kappa shape index (κ1) is 23.1. The Kier molecular flexibility index (Phi) is 9.10. The molecular formula is C19H27N3O6. The first-order chi connectivity index (χ1) is 13.1. The molecule has 0 fully saturated rings. The molecule has 0 heterocycles. The Bertz CT molecular complexity index is 692. The molecule has 0 radical (unpaired) electrons. The predicted molar refractivity (Wildman–Crippen MR) is 101 cm³/mol. The molecule has 0 bridgehead atoms. The number of carboxylic acids is 2. The van der Waals surface area contributed by atoms with Crippen LogP contribution in [0.25, 0.3) is 0 Å². The van der Waals surface area contributed by atoms with Gasteiger partial charge in [0.25, 0.3) is 0 Å². The molecule has 9 heteroatoms. The van der Waals surface area contributed by atoms with Crippen molar-refractivity contribution in [2.75, 3.05) is 0 Å². The number of carbonyl (C=O) groups is 4. The summed E-state index contributed by atoms with van der Waals surface area (Å²) in [6.07, 6.45) is -0.245. The number of carbonyl (C=O) groups excluding carboxylic acids is 2. The average Bonchev–Trinajstić information content (AvgIpc) is 2.60. The number of nitrogens with one attached hydrogen (secondary N) is 2. The van der Waals surface area contributed by atoms with Crippen molar-refractivity contribution in [3.8, 4) is 0 Å². The number of rotatable bonds is 11. The van der Waals surface area contributed by atoms with Gasteiger partial charge in [-0.25, -0.2) is 4.79 Å². The maximum absolute atomic E-state index is 12.6. The number of benzene rings is 1. The fourth-order valence-corrected chi connectivity index (χ4v) is 2.58. The second-order valence-electron chi connectivity index (χ2n) is 6.98. The van der Waals surface area contributed by atoms with E-state index in [4.69, 9.17) is 10.8 Å². The monoisotopic (exact) mass is 393 g/mol. The Labute approximate surface area is 163 Å². The van der Waals surface area contributed by atoms with Crippen molar-refractivity contribution >= 4 is 23.8 Å². The molecule has 1 rings (SSSR count). The van der Waals surface area contributed by atoms with E-state index in [-0.39, 0.29) is 18.8 Å². The molecule has 0 aromatic heterocycles. The second-order valence-corrected chi connectivity index (χ2v) is 6.98. The third-order valence-electron chi connectivity index (χ3n) is 3.97. The molecule has 0 saturated carbocycles. The van der Waals surface area contributed by atoms with Crippen molar-refractivity contribution in [2.24, 2.45) is 11.7 Å². The third kappa shape index (κ3) is 8.17. The smallest absolute Gasteiger partial charge is 0.326 e. The molecule has 28 heavy (non-hydrogen) atoms.